The van der Waals surface area contributed by atoms with Crippen LogP contribution in [-0.4, -0.2) is 10.8 Å². The maximum absolute atomic E-state index is 7.57. The number of nitrogens with zero attached hydrogens (tertiary/aromatic N) is 1. The van der Waals surface area contributed by atoms with Crippen molar-refractivity contribution >= 4 is 11.5 Å². The number of hydrogen-bond acceptors (Lipinski definition) is 3. The molecule has 1 aromatic carbocycles. The van der Waals surface area contributed by atoms with E-state index >= 15 is 0 Å². The van der Waals surface area contributed by atoms with Crippen LogP contribution in [0.25, 0.3) is 11.3 Å². The molecule has 5 N–H and O–H groups in total. The van der Waals surface area contributed by atoms with Crippen molar-refractivity contribution in [2.75, 3.05) is 5.73 Å². The third kappa shape index (κ3) is 2.81. The number of anilines is 1. The minimum Gasteiger partial charge on any atom is -0.397 e. The molecule has 1 aromatic heterocycles. The molecule has 1 saturated carbocycles. The molecule has 0 atom stereocenters. The van der Waals surface area contributed by atoms with Gasteiger partial charge in [-0.05, 0) is 42.4 Å². The maximum Gasteiger partial charge on any atom is 0.143 e. The van der Waals surface area contributed by atoms with E-state index in [0.717, 1.165) is 11.3 Å². The Balaban J connectivity index is 1.94. The summed E-state index contributed by atoms with van der Waals surface area (Å²) in [5.41, 5.74) is 15.8. The minimum absolute atomic E-state index is 0.100. The van der Waals surface area contributed by atoms with E-state index in [0.29, 0.717) is 16.8 Å². The first-order valence-corrected chi connectivity index (χ1v) is 8.27. The van der Waals surface area contributed by atoms with Crippen molar-refractivity contribution in [1.82, 2.24) is 4.98 Å². The summed E-state index contributed by atoms with van der Waals surface area (Å²) in [5.74, 6) is -0.100. The second-order valence-electron chi connectivity index (χ2n) is 6.47. The largest absolute Gasteiger partial charge is 0.397 e. The molecule has 1 aliphatic rings. The summed E-state index contributed by atoms with van der Waals surface area (Å²) in [6.07, 6.45) is 6.43. The van der Waals surface area contributed by atoms with E-state index in [-0.39, 0.29) is 5.84 Å². The summed E-state index contributed by atoms with van der Waals surface area (Å²) in [5, 5.41) is 7.57. The molecule has 4 nitrogen and oxygen atoms in total. The van der Waals surface area contributed by atoms with Gasteiger partial charge in [-0.3, -0.25) is 5.41 Å². The van der Waals surface area contributed by atoms with Gasteiger partial charge in [-0.2, -0.15) is 0 Å². The van der Waals surface area contributed by atoms with Crippen LogP contribution >= 0.6 is 0 Å². The lowest BCUT2D eigenvalue weighted by molar-refractivity contribution is 0.425. The van der Waals surface area contributed by atoms with Gasteiger partial charge in [-0.25, -0.2) is 4.98 Å². The number of hydrogen-bond donors (Lipinski definition) is 3. The predicted molar refractivity (Wildman–Crippen MR) is 95.5 cm³/mol. The van der Waals surface area contributed by atoms with Crippen LogP contribution in [0.5, 0.6) is 0 Å². The number of nitrogens with two attached hydrogens (primary N) is 2. The fourth-order valence-corrected chi connectivity index (χ4v) is 3.74. The van der Waals surface area contributed by atoms with E-state index in [1.54, 1.807) is 6.07 Å². The van der Waals surface area contributed by atoms with Crippen molar-refractivity contribution in [1.29, 1.82) is 5.41 Å². The molecule has 23 heavy (non-hydrogen) atoms. The Bertz CT molecular complexity index is 713. The van der Waals surface area contributed by atoms with Gasteiger partial charge in [0.1, 0.15) is 11.5 Å². The maximum atomic E-state index is 7.57. The zero-order valence-electron chi connectivity index (χ0n) is 13.6. The summed E-state index contributed by atoms with van der Waals surface area (Å²) in [4.78, 5) is 4.43. The Hall–Kier alpha value is -2.36. The standard InChI is InChI=1S/C19H24N4/c1-2-19(11-3-4-12-19)14-7-5-13(6-8-14)16-10-9-15(20)17(23-16)18(21)22/h5-10H,2-4,11-12,20H2,1H3,(H3,21,22). The second-order valence-corrected chi connectivity index (χ2v) is 6.47. The Morgan fingerprint density at radius 3 is 2.35 bits per heavy atom. The zero-order chi connectivity index (χ0) is 16.4. The molecule has 0 unspecified atom stereocenters. The predicted octanol–water partition coefficient (Wildman–Crippen LogP) is 3.84. The molecule has 0 amide bonds. The van der Waals surface area contributed by atoms with Crippen LogP contribution in [0.1, 0.15) is 50.3 Å². The van der Waals surface area contributed by atoms with Crippen molar-refractivity contribution in [2.24, 2.45) is 5.73 Å². The van der Waals surface area contributed by atoms with Gasteiger partial charge in [0, 0.05) is 5.56 Å². The highest BCUT2D eigenvalue weighted by molar-refractivity contribution is 5.98. The molecule has 4 heteroatoms. The van der Waals surface area contributed by atoms with Gasteiger partial charge >= 0.3 is 0 Å². The first kappa shape index (κ1) is 15.5. The third-order valence-electron chi connectivity index (χ3n) is 5.21. The normalized spacial score (nSPS) is 16.4. The average molecular weight is 308 g/mol. The smallest absolute Gasteiger partial charge is 0.143 e. The molecule has 1 fully saturated rings. The molecule has 0 radical (unpaired) electrons. The monoisotopic (exact) mass is 308 g/mol. The highest BCUT2D eigenvalue weighted by Gasteiger charge is 2.33. The number of aromatic nitrogens is 1. The van der Waals surface area contributed by atoms with Crippen LogP contribution in [0, 0.1) is 5.41 Å². The summed E-state index contributed by atoms with van der Waals surface area (Å²) >= 11 is 0. The van der Waals surface area contributed by atoms with Crippen LogP contribution < -0.4 is 11.5 Å². The number of nitrogen functional groups attached to an aromatic ring is 2. The fraction of sp³-hybridized carbons (Fsp3) is 0.368. The van der Waals surface area contributed by atoms with Gasteiger partial charge in [-0.1, -0.05) is 44.0 Å². The van der Waals surface area contributed by atoms with Gasteiger partial charge < -0.3 is 11.5 Å². The topological polar surface area (TPSA) is 88.8 Å². The molecule has 0 bridgehead atoms. The van der Waals surface area contributed by atoms with E-state index in [1.807, 2.05) is 6.07 Å². The number of pyridine rings is 1. The Morgan fingerprint density at radius 2 is 1.78 bits per heavy atom. The van der Waals surface area contributed by atoms with Gasteiger partial charge in [0.2, 0.25) is 0 Å². The Labute approximate surface area is 137 Å². The van der Waals surface area contributed by atoms with Gasteiger partial charge in [-0.15, -0.1) is 0 Å². The highest BCUT2D eigenvalue weighted by Crippen LogP contribution is 2.43. The van der Waals surface area contributed by atoms with Crippen molar-refractivity contribution in [2.45, 2.75) is 44.4 Å². The van der Waals surface area contributed by atoms with Crippen LogP contribution in [0.4, 0.5) is 5.69 Å². The summed E-state index contributed by atoms with van der Waals surface area (Å²) in [6.45, 7) is 2.29. The van der Waals surface area contributed by atoms with Crippen LogP contribution in [0.15, 0.2) is 36.4 Å². The molecule has 3 rings (SSSR count). The quantitative estimate of drug-likeness (QED) is 0.592. The fourth-order valence-electron chi connectivity index (χ4n) is 3.74. The summed E-state index contributed by atoms with van der Waals surface area (Å²) in [6, 6.07) is 12.3. The van der Waals surface area contributed by atoms with E-state index in [2.05, 4.69) is 36.2 Å². The molecule has 0 aliphatic heterocycles. The first-order valence-electron chi connectivity index (χ1n) is 8.27. The molecule has 120 valence electrons. The molecule has 1 heterocycles. The molecular formula is C19H24N4. The number of amidine groups is 1. The summed E-state index contributed by atoms with van der Waals surface area (Å²) < 4.78 is 0. The lowest BCUT2D eigenvalue weighted by Gasteiger charge is -2.28. The van der Waals surface area contributed by atoms with E-state index < -0.39 is 0 Å². The van der Waals surface area contributed by atoms with Gasteiger partial charge in [0.15, 0.2) is 0 Å². The van der Waals surface area contributed by atoms with Crippen molar-refractivity contribution in [3.05, 3.63) is 47.7 Å². The third-order valence-corrected chi connectivity index (χ3v) is 5.21. The lowest BCUT2D eigenvalue weighted by Crippen LogP contribution is -2.20. The minimum atomic E-state index is -0.100. The molecule has 0 saturated heterocycles. The van der Waals surface area contributed by atoms with E-state index in [1.165, 1.54) is 37.7 Å². The van der Waals surface area contributed by atoms with E-state index in [9.17, 15) is 0 Å². The first-order chi connectivity index (χ1) is 11.1. The average Bonchev–Trinajstić information content (AvgIpc) is 3.05. The molecular weight excluding hydrogens is 284 g/mol. The van der Waals surface area contributed by atoms with Crippen LogP contribution in [0.2, 0.25) is 0 Å². The van der Waals surface area contributed by atoms with E-state index in [4.69, 9.17) is 16.9 Å². The molecule has 0 spiro atoms. The Kier molecular flexibility index (Phi) is 4.07. The Morgan fingerprint density at radius 1 is 1.13 bits per heavy atom. The lowest BCUT2D eigenvalue weighted by atomic mass is 9.76. The molecule has 2 aromatic rings. The van der Waals surface area contributed by atoms with Crippen LogP contribution in [0.3, 0.4) is 0 Å². The highest BCUT2D eigenvalue weighted by atomic mass is 14.8. The number of benzene rings is 1. The van der Waals surface area contributed by atoms with Crippen molar-refractivity contribution < 1.29 is 0 Å². The zero-order valence-corrected chi connectivity index (χ0v) is 13.6. The second kappa shape index (κ2) is 6.03. The van der Waals surface area contributed by atoms with Crippen molar-refractivity contribution in [3.63, 3.8) is 0 Å². The number of rotatable bonds is 4. The van der Waals surface area contributed by atoms with Crippen molar-refractivity contribution in [3.8, 4) is 11.3 Å². The summed E-state index contributed by atoms with van der Waals surface area (Å²) in [7, 11) is 0. The van der Waals surface area contributed by atoms with Gasteiger partial charge in [0.25, 0.3) is 0 Å². The van der Waals surface area contributed by atoms with Crippen LogP contribution in [-0.2, 0) is 5.41 Å². The SMILES string of the molecule is CCC1(c2ccc(-c3ccc(N)c(C(=N)N)n3)cc2)CCCC1. The van der Waals surface area contributed by atoms with Gasteiger partial charge in [0.05, 0.1) is 11.4 Å². The molecule has 1 aliphatic carbocycles. The number of nitrogens with one attached hydrogen (secondary N) is 1.